The molecule has 1 N–H and O–H groups in total. The maximum atomic E-state index is 12.9. The monoisotopic (exact) mass is 327 g/mol. The van der Waals surface area contributed by atoms with E-state index in [0.717, 1.165) is 42.5 Å². The molecule has 2 aliphatic rings. The van der Waals surface area contributed by atoms with E-state index in [4.69, 9.17) is 4.74 Å². The minimum absolute atomic E-state index is 0.102. The van der Waals surface area contributed by atoms with Crippen molar-refractivity contribution >= 4 is 11.6 Å². The van der Waals surface area contributed by atoms with Crippen molar-refractivity contribution in [2.24, 2.45) is 0 Å². The van der Waals surface area contributed by atoms with Crippen LogP contribution in [0.15, 0.2) is 24.3 Å². The van der Waals surface area contributed by atoms with Crippen molar-refractivity contribution in [3.05, 3.63) is 35.9 Å². The van der Waals surface area contributed by atoms with Gasteiger partial charge in [-0.1, -0.05) is 12.1 Å². The van der Waals surface area contributed by atoms with Gasteiger partial charge in [0.1, 0.15) is 18.2 Å². The summed E-state index contributed by atoms with van der Waals surface area (Å²) in [4.78, 5) is 21.3. The predicted octanol–water partition coefficient (Wildman–Crippen LogP) is 1.68. The van der Waals surface area contributed by atoms with Crippen LogP contribution in [0, 0.1) is 6.92 Å². The number of nitrogens with one attached hydrogen (secondary N) is 1. The maximum Gasteiger partial charge on any atom is 0.241 e. The number of benzene rings is 1. The van der Waals surface area contributed by atoms with E-state index in [1.165, 1.54) is 0 Å². The molecule has 1 saturated heterocycles. The molecule has 24 heavy (non-hydrogen) atoms. The fourth-order valence-corrected chi connectivity index (χ4v) is 3.50. The Hall–Kier alpha value is -2.41. The number of carbonyl (C=O) groups is 1. The number of anilines is 1. The Morgan fingerprint density at radius 1 is 1.38 bits per heavy atom. The number of ether oxygens (including phenoxy) is 1. The number of aromatic amines is 1. The van der Waals surface area contributed by atoms with Crippen LogP contribution in [0.5, 0.6) is 5.75 Å². The number of para-hydroxylation sites is 2. The summed E-state index contributed by atoms with van der Waals surface area (Å²) in [5, 5.41) is 7.18. The molecule has 0 bridgehead atoms. The lowest BCUT2D eigenvalue weighted by molar-refractivity contribution is -0.120. The molecule has 1 aromatic carbocycles. The summed E-state index contributed by atoms with van der Waals surface area (Å²) in [6.45, 7) is 4.30. The lowest BCUT2D eigenvalue weighted by atomic mass is 10.2. The van der Waals surface area contributed by atoms with Crippen LogP contribution in [-0.4, -0.2) is 52.2 Å². The molecule has 7 nitrogen and oxygen atoms in total. The van der Waals surface area contributed by atoms with E-state index < -0.39 is 0 Å². The van der Waals surface area contributed by atoms with Gasteiger partial charge >= 0.3 is 0 Å². The summed E-state index contributed by atoms with van der Waals surface area (Å²) >= 11 is 0. The second-order valence-electron chi connectivity index (χ2n) is 6.27. The lowest BCUT2D eigenvalue weighted by Crippen LogP contribution is -2.44. The predicted molar refractivity (Wildman–Crippen MR) is 89.0 cm³/mol. The van der Waals surface area contributed by atoms with Crippen molar-refractivity contribution in [1.82, 2.24) is 20.1 Å². The molecule has 0 spiro atoms. The normalized spacial score (nSPS) is 20.7. The van der Waals surface area contributed by atoms with Gasteiger partial charge in [0.2, 0.25) is 5.91 Å². The summed E-state index contributed by atoms with van der Waals surface area (Å²) in [6.07, 6.45) is 2.05. The van der Waals surface area contributed by atoms with Crippen molar-refractivity contribution in [1.29, 1.82) is 0 Å². The quantitative estimate of drug-likeness (QED) is 0.928. The highest BCUT2D eigenvalue weighted by atomic mass is 16.5. The SMILES string of the molecule is Cc1nc([C@H]2CCCN2CC(=O)N2CCOc3ccccc32)n[nH]1. The van der Waals surface area contributed by atoms with E-state index in [-0.39, 0.29) is 11.9 Å². The molecule has 1 atom stereocenters. The number of likely N-dealkylation sites (tertiary alicyclic amines) is 1. The standard InChI is InChI=1S/C17H21N5O2/c1-12-18-17(20-19-12)14-6-4-8-21(14)11-16(23)22-9-10-24-15-7-3-2-5-13(15)22/h2-3,5,7,14H,4,6,8-11H2,1H3,(H,18,19,20)/t14-/m1/s1. The zero-order chi connectivity index (χ0) is 16.5. The average molecular weight is 327 g/mol. The Bertz CT molecular complexity index is 744. The van der Waals surface area contributed by atoms with E-state index in [2.05, 4.69) is 20.1 Å². The number of amides is 1. The molecule has 1 fully saturated rings. The maximum absolute atomic E-state index is 12.9. The number of fused-ring (bicyclic) bond motifs is 1. The van der Waals surface area contributed by atoms with E-state index in [9.17, 15) is 4.79 Å². The van der Waals surface area contributed by atoms with E-state index in [1.54, 1.807) is 0 Å². The number of rotatable bonds is 3. The molecule has 1 aromatic heterocycles. The van der Waals surface area contributed by atoms with Crippen molar-refractivity contribution in [3.63, 3.8) is 0 Å². The Morgan fingerprint density at radius 2 is 2.25 bits per heavy atom. The van der Waals surface area contributed by atoms with Gasteiger partial charge in [0.15, 0.2) is 5.82 Å². The van der Waals surface area contributed by atoms with Crippen molar-refractivity contribution in [2.75, 3.05) is 31.1 Å². The summed E-state index contributed by atoms with van der Waals surface area (Å²) in [6, 6.07) is 7.82. The Morgan fingerprint density at radius 3 is 3.08 bits per heavy atom. The topological polar surface area (TPSA) is 74.3 Å². The lowest BCUT2D eigenvalue weighted by Gasteiger charge is -2.31. The van der Waals surface area contributed by atoms with Crippen LogP contribution in [0.4, 0.5) is 5.69 Å². The zero-order valence-corrected chi connectivity index (χ0v) is 13.7. The van der Waals surface area contributed by atoms with Gasteiger partial charge in [-0.2, -0.15) is 5.10 Å². The van der Waals surface area contributed by atoms with Gasteiger partial charge in [0.25, 0.3) is 0 Å². The molecule has 4 rings (SSSR count). The van der Waals surface area contributed by atoms with E-state index in [0.29, 0.717) is 19.7 Å². The number of nitrogens with zero attached hydrogens (tertiary/aromatic N) is 4. The van der Waals surface area contributed by atoms with Gasteiger partial charge < -0.3 is 9.64 Å². The first-order chi connectivity index (χ1) is 11.7. The third kappa shape index (κ3) is 2.75. The molecule has 126 valence electrons. The second kappa shape index (κ2) is 6.24. The summed E-state index contributed by atoms with van der Waals surface area (Å²) in [5.41, 5.74) is 0.859. The van der Waals surface area contributed by atoms with Crippen LogP contribution in [-0.2, 0) is 4.79 Å². The largest absolute Gasteiger partial charge is 0.490 e. The molecule has 3 heterocycles. The number of carbonyl (C=O) groups excluding carboxylic acids is 1. The molecule has 2 aliphatic heterocycles. The van der Waals surface area contributed by atoms with Gasteiger partial charge in [0.05, 0.1) is 24.8 Å². The fourth-order valence-electron chi connectivity index (χ4n) is 3.50. The van der Waals surface area contributed by atoms with Crippen molar-refractivity contribution < 1.29 is 9.53 Å². The minimum atomic E-state index is 0.102. The molecule has 0 unspecified atom stereocenters. The van der Waals surface area contributed by atoms with Crippen LogP contribution in [0.2, 0.25) is 0 Å². The molecular formula is C17H21N5O2. The first-order valence-corrected chi connectivity index (χ1v) is 8.37. The van der Waals surface area contributed by atoms with Crippen LogP contribution in [0.3, 0.4) is 0 Å². The number of H-pyrrole nitrogens is 1. The van der Waals surface area contributed by atoms with Crippen molar-refractivity contribution in [2.45, 2.75) is 25.8 Å². The zero-order valence-electron chi connectivity index (χ0n) is 13.7. The smallest absolute Gasteiger partial charge is 0.241 e. The van der Waals surface area contributed by atoms with Crippen LogP contribution >= 0.6 is 0 Å². The van der Waals surface area contributed by atoms with Gasteiger partial charge in [-0.3, -0.25) is 14.8 Å². The van der Waals surface area contributed by atoms with Crippen molar-refractivity contribution in [3.8, 4) is 5.75 Å². The summed E-state index contributed by atoms with van der Waals surface area (Å²) in [7, 11) is 0. The molecule has 0 aliphatic carbocycles. The summed E-state index contributed by atoms with van der Waals surface area (Å²) < 4.78 is 5.64. The number of hydrogen-bond donors (Lipinski definition) is 1. The third-order valence-electron chi connectivity index (χ3n) is 4.64. The molecule has 0 radical (unpaired) electrons. The average Bonchev–Trinajstić information content (AvgIpc) is 3.23. The molecule has 2 aromatic rings. The van der Waals surface area contributed by atoms with Crippen LogP contribution in [0.1, 0.15) is 30.5 Å². The Balaban J connectivity index is 1.50. The summed E-state index contributed by atoms with van der Waals surface area (Å²) in [5.74, 6) is 2.48. The highest BCUT2D eigenvalue weighted by Gasteiger charge is 2.32. The van der Waals surface area contributed by atoms with Crippen LogP contribution in [0.25, 0.3) is 0 Å². The number of aryl methyl sites for hydroxylation is 1. The van der Waals surface area contributed by atoms with Gasteiger partial charge in [-0.05, 0) is 38.4 Å². The molecule has 7 heteroatoms. The highest BCUT2D eigenvalue weighted by molar-refractivity contribution is 5.96. The van der Waals surface area contributed by atoms with Crippen LogP contribution < -0.4 is 9.64 Å². The Kier molecular flexibility index (Phi) is 3.93. The fraction of sp³-hybridized carbons (Fsp3) is 0.471. The second-order valence-corrected chi connectivity index (χ2v) is 6.27. The third-order valence-corrected chi connectivity index (χ3v) is 4.64. The minimum Gasteiger partial charge on any atom is -0.490 e. The molecule has 1 amide bonds. The number of aromatic nitrogens is 3. The van der Waals surface area contributed by atoms with E-state index >= 15 is 0 Å². The van der Waals surface area contributed by atoms with Gasteiger partial charge in [-0.15, -0.1) is 0 Å². The number of hydrogen-bond acceptors (Lipinski definition) is 5. The van der Waals surface area contributed by atoms with Gasteiger partial charge in [-0.25, -0.2) is 4.98 Å². The molecule has 0 saturated carbocycles. The highest BCUT2D eigenvalue weighted by Crippen LogP contribution is 2.33. The first kappa shape index (κ1) is 15.1. The first-order valence-electron chi connectivity index (χ1n) is 8.37. The molecular weight excluding hydrogens is 306 g/mol. The van der Waals surface area contributed by atoms with Gasteiger partial charge in [0, 0.05) is 0 Å². The van der Waals surface area contributed by atoms with E-state index in [1.807, 2.05) is 36.1 Å². The Labute approximate surface area is 140 Å².